The molecule has 2 N–H and O–H groups in total. The van der Waals surface area contributed by atoms with Gasteiger partial charge in [0.05, 0.1) is 24.8 Å². The summed E-state index contributed by atoms with van der Waals surface area (Å²) in [5.74, 6) is 1.21. The van der Waals surface area contributed by atoms with Gasteiger partial charge >= 0.3 is 0 Å². The first-order valence-electron chi connectivity index (χ1n) is 10.9. The molecular weight excluding hydrogens is 408 g/mol. The van der Waals surface area contributed by atoms with Gasteiger partial charge in [-0.3, -0.25) is 4.79 Å². The van der Waals surface area contributed by atoms with E-state index in [1.54, 1.807) is 19.2 Å². The highest BCUT2D eigenvalue weighted by atomic mass is 16.5. The molecule has 2 heterocycles. The molecule has 32 heavy (non-hydrogen) atoms. The maximum absolute atomic E-state index is 12.1. The lowest BCUT2D eigenvalue weighted by molar-refractivity contribution is -0.126. The fourth-order valence-corrected chi connectivity index (χ4v) is 3.54. The van der Waals surface area contributed by atoms with Crippen LogP contribution in [0.4, 0.5) is 17.5 Å². The monoisotopic (exact) mass is 438 g/mol. The van der Waals surface area contributed by atoms with Crippen molar-refractivity contribution in [2.24, 2.45) is 0 Å². The van der Waals surface area contributed by atoms with E-state index in [0.29, 0.717) is 31.3 Å². The van der Waals surface area contributed by atoms with Gasteiger partial charge in [0, 0.05) is 43.7 Å². The predicted molar refractivity (Wildman–Crippen MR) is 122 cm³/mol. The number of aromatic nitrogens is 2. The summed E-state index contributed by atoms with van der Waals surface area (Å²) in [7, 11) is 1.60. The second-order valence-corrected chi connectivity index (χ2v) is 7.65. The van der Waals surface area contributed by atoms with Crippen molar-refractivity contribution in [3.8, 4) is 6.07 Å². The van der Waals surface area contributed by atoms with Gasteiger partial charge in [0.15, 0.2) is 0 Å². The number of rotatable bonds is 11. The van der Waals surface area contributed by atoms with Crippen LogP contribution in [0.15, 0.2) is 30.3 Å². The maximum Gasteiger partial charge on any atom is 0.246 e. The molecule has 1 atom stereocenters. The summed E-state index contributed by atoms with van der Waals surface area (Å²) in [6.07, 6.45) is 2.65. The lowest BCUT2D eigenvalue weighted by Crippen LogP contribution is -2.39. The standard InChI is InChI=1S/C23H30N6O3/c1-3-5-18-13-21(28-23(26-18)27-19-7-4-6-17(12-19)14-24)29-9-8-20(15-29)25-22(30)16-32-11-10-31-2/h4,6-7,12-13,20H,3,5,8-11,15-16H2,1-2H3,(H,25,30)(H,26,27,28)/t20-/m0/s1. The number of anilines is 3. The Morgan fingerprint density at radius 1 is 1.31 bits per heavy atom. The molecule has 3 rings (SSSR count). The molecule has 1 aromatic carbocycles. The second-order valence-electron chi connectivity index (χ2n) is 7.65. The molecule has 1 saturated heterocycles. The zero-order valence-electron chi connectivity index (χ0n) is 18.6. The quantitative estimate of drug-likeness (QED) is 0.515. The molecule has 170 valence electrons. The summed E-state index contributed by atoms with van der Waals surface area (Å²) in [5.41, 5.74) is 2.29. The third kappa shape index (κ3) is 6.90. The second kappa shape index (κ2) is 12.0. The van der Waals surface area contributed by atoms with Crippen LogP contribution in [0.25, 0.3) is 0 Å². The third-order valence-electron chi connectivity index (χ3n) is 5.06. The molecule has 0 unspecified atom stereocenters. The number of nitrogens with zero attached hydrogens (tertiary/aromatic N) is 4. The van der Waals surface area contributed by atoms with E-state index in [9.17, 15) is 4.79 Å². The third-order valence-corrected chi connectivity index (χ3v) is 5.06. The minimum Gasteiger partial charge on any atom is -0.382 e. The van der Waals surface area contributed by atoms with Gasteiger partial charge < -0.3 is 25.0 Å². The van der Waals surface area contributed by atoms with Crippen molar-refractivity contribution in [1.82, 2.24) is 15.3 Å². The SMILES string of the molecule is CCCc1cc(N2CC[C@H](NC(=O)COCCOC)C2)nc(Nc2cccc(C#N)c2)n1. The zero-order valence-corrected chi connectivity index (χ0v) is 18.6. The van der Waals surface area contributed by atoms with E-state index in [4.69, 9.17) is 19.7 Å². The number of benzene rings is 1. The Labute approximate surface area is 188 Å². The van der Waals surface area contributed by atoms with E-state index in [1.807, 2.05) is 18.2 Å². The molecule has 9 heteroatoms. The highest BCUT2D eigenvalue weighted by molar-refractivity contribution is 5.77. The first kappa shape index (κ1) is 23.4. The molecule has 1 aliphatic heterocycles. The van der Waals surface area contributed by atoms with Crippen molar-refractivity contribution in [3.63, 3.8) is 0 Å². The Bertz CT molecular complexity index is 946. The van der Waals surface area contributed by atoms with E-state index in [2.05, 4.69) is 33.5 Å². The summed E-state index contributed by atoms with van der Waals surface area (Å²) < 4.78 is 10.2. The van der Waals surface area contributed by atoms with Crippen LogP contribution >= 0.6 is 0 Å². The van der Waals surface area contributed by atoms with Crippen molar-refractivity contribution in [2.45, 2.75) is 32.2 Å². The number of aryl methyl sites for hydroxylation is 1. The molecule has 0 saturated carbocycles. The number of methoxy groups -OCH3 is 1. The normalized spacial score (nSPS) is 15.4. The summed E-state index contributed by atoms with van der Waals surface area (Å²) in [4.78, 5) is 23.6. The van der Waals surface area contributed by atoms with Gasteiger partial charge in [-0.25, -0.2) is 4.98 Å². The largest absolute Gasteiger partial charge is 0.382 e. The fourth-order valence-electron chi connectivity index (χ4n) is 3.54. The minimum atomic E-state index is -0.123. The smallest absolute Gasteiger partial charge is 0.246 e. The topological polar surface area (TPSA) is 112 Å². The number of hydrogen-bond donors (Lipinski definition) is 2. The minimum absolute atomic E-state index is 0.0316. The molecule has 0 aliphatic carbocycles. The van der Waals surface area contributed by atoms with Crippen LogP contribution in [0.2, 0.25) is 0 Å². The summed E-state index contributed by atoms with van der Waals surface area (Å²) in [6.45, 7) is 4.48. The van der Waals surface area contributed by atoms with Crippen LogP contribution in [0, 0.1) is 11.3 Å². The van der Waals surface area contributed by atoms with Gasteiger partial charge in [-0.15, -0.1) is 0 Å². The maximum atomic E-state index is 12.1. The summed E-state index contributed by atoms with van der Waals surface area (Å²) in [6, 6.07) is 11.4. The first-order valence-corrected chi connectivity index (χ1v) is 10.9. The zero-order chi connectivity index (χ0) is 22.8. The number of hydrogen-bond acceptors (Lipinski definition) is 8. The van der Waals surface area contributed by atoms with Crippen molar-refractivity contribution in [2.75, 3.05) is 50.2 Å². The molecule has 0 radical (unpaired) electrons. The van der Waals surface area contributed by atoms with Crippen LogP contribution in [-0.2, 0) is 20.7 Å². The van der Waals surface area contributed by atoms with Gasteiger partial charge in [0.2, 0.25) is 11.9 Å². The summed E-state index contributed by atoms with van der Waals surface area (Å²) in [5, 5.41) is 15.4. The number of carbonyl (C=O) groups excluding carboxylic acids is 1. The first-order chi connectivity index (χ1) is 15.6. The van der Waals surface area contributed by atoms with Crippen LogP contribution in [0.3, 0.4) is 0 Å². The molecule has 1 aromatic heterocycles. The highest BCUT2D eigenvalue weighted by Gasteiger charge is 2.25. The fraction of sp³-hybridized carbons (Fsp3) is 0.478. The summed E-state index contributed by atoms with van der Waals surface area (Å²) >= 11 is 0. The lowest BCUT2D eigenvalue weighted by Gasteiger charge is -2.20. The molecule has 0 spiro atoms. The van der Waals surface area contributed by atoms with E-state index >= 15 is 0 Å². The van der Waals surface area contributed by atoms with Gasteiger partial charge in [0.25, 0.3) is 0 Å². The molecule has 1 amide bonds. The van der Waals surface area contributed by atoms with Gasteiger partial charge in [0.1, 0.15) is 12.4 Å². The molecule has 9 nitrogen and oxygen atoms in total. The number of amides is 1. The number of nitriles is 1. The van der Waals surface area contributed by atoms with E-state index in [0.717, 1.165) is 43.0 Å². The lowest BCUT2D eigenvalue weighted by atomic mass is 10.2. The molecule has 1 aliphatic rings. The van der Waals surface area contributed by atoms with Gasteiger partial charge in [-0.2, -0.15) is 10.2 Å². The number of carbonyl (C=O) groups is 1. The van der Waals surface area contributed by atoms with E-state index in [-0.39, 0.29) is 18.6 Å². The van der Waals surface area contributed by atoms with Crippen molar-refractivity contribution in [1.29, 1.82) is 5.26 Å². The average molecular weight is 439 g/mol. The predicted octanol–water partition coefficient (Wildman–Crippen LogP) is 2.40. The molecular formula is C23H30N6O3. The highest BCUT2D eigenvalue weighted by Crippen LogP contribution is 2.23. The van der Waals surface area contributed by atoms with Crippen molar-refractivity contribution < 1.29 is 14.3 Å². The Hall–Kier alpha value is -3.22. The van der Waals surface area contributed by atoms with Crippen molar-refractivity contribution >= 4 is 23.4 Å². The van der Waals surface area contributed by atoms with Crippen LogP contribution in [0.5, 0.6) is 0 Å². The van der Waals surface area contributed by atoms with E-state index < -0.39 is 0 Å². The Morgan fingerprint density at radius 3 is 2.97 bits per heavy atom. The molecule has 0 bridgehead atoms. The number of ether oxygens (including phenoxy) is 2. The Balaban J connectivity index is 1.65. The van der Waals surface area contributed by atoms with Crippen LogP contribution < -0.4 is 15.5 Å². The molecule has 1 fully saturated rings. The van der Waals surface area contributed by atoms with E-state index in [1.165, 1.54) is 0 Å². The van der Waals surface area contributed by atoms with Crippen LogP contribution in [-0.4, -0.2) is 61.9 Å². The average Bonchev–Trinajstić information content (AvgIpc) is 3.25. The Morgan fingerprint density at radius 2 is 2.19 bits per heavy atom. The van der Waals surface area contributed by atoms with Crippen LogP contribution in [0.1, 0.15) is 31.0 Å². The number of nitrogens with one attached hydrogen (secondary N) is 2. The van der Waals surface area contributed by atoms with Gasteiger partial charge in [-0.05, 0) is 31.0 Å². The van der Waals surface area contributed by atoms with Gasteiger partial charge in [-0.1, -0.05) is 19.4 Å². The van der Waals surface area contributed by atoms with Crippen molar-refractivity contribution in [3.05, 3.63) is 41.6 Å². The molecule has 2 aromatic rings. The Kier molecular flexibility index (Phi) is 8.78.